The number of hydrogen-bond donors (Lipinski definition) is 2. The second kappa shape index (κ2) is 6.26. The van der Waals surface area contributed by atoms with E-state index in [1.165, 1.54) is 4.31 Å². The van der Waals surface area contributed by atoms with Crippen molar-refractivity contribution in [2.24, 2.45) is 0 Å². The SMILES string of the molecule is CC(C)N(C)S(=O)(=O)Nc1ccc(-c2ccnc3[nH]ccc23)cc1. The normalized spacial score (nSPS) is 12.2. The Morgan fingerprint density at radius 3 is 2.50 bits per heavy atom. The van der Waals surface area contributed by atoms with E-state index in [0.29, 0.717) is 5.69 Å². The predicted octanol–water partition coefficient (Wildman–Crippen LogP) is 3.23. The van der Waals surface area contributed by atoms with Crippen molar-refractivity contribution in [3.05, 3.63) is 48.8 Å². The first-order valence-corrected chi connectivity index (χ1v) is 9.11. The molecule has 6 nitrogen and oxygen atoms in total. The molecule has 3 rings (SSSR count). The first-order valence-electron chi connectivity index (χ1n) is 7.67. The molecule has 7 heteroatoms. The van der Waals surface area contributed by atoms with Crippen molar-refractivity contribution in [2.75, 3.05) is 11.8 Å². The van der Waals surface area contributed by atoms with Crippen LogP contribution in [0.5, 0.6) is 0 Å². The van der Waals surface area contributed by atoms with Gasteiger partial charge in [0, 0.05) is 36.6 Å². The summed E-state index contributed by atoms with van der Waals surface area (Å²) in [6.45, 7) is 3.65. The minimum atomic E-state index is -3.55. The van der Waals surface area contributed by atoms with Gasteiger partial charge in [-0.15, -0.1) is 0 Å². The lowest BCUT2D eigenvalue weighted by molar-refractivity contribution is 0.414. The maximum atomic E-state index is 12.2. The Morgan fingerprint density at radius 2 is 1.83 bits per heavy atom. The quantitative estimate of drug-likeness (QED) is 0.746. The fraction of sp³-hybridized carbons (Fsp3) is 0.235. The molecule has 0 spiro atoms. The van der Waals surface area contributed by atoms with Gasteiger partial charge in [-0.2, -0.15) is 12.7 Å². The molecule has 0 bridgehead atoms. The molecule has 0 aliphatic carbocycles. The summed E-state index contributed by atoms with van der Waals surface area (Å²) in [6, 6.07) is 11.1. The molecule has 0 amide bonds. The Bertz CT molecular complexity index is 946. The smallest absolute Gasteiger partial charge is 0.301 e. The summed E-state index contributed by atoms with van der Waals surface area (Å²) in [5.41, 5.74) is 3.42. The third kappa shape index (κ3) is 3.13. The molecule has 2 N–H and O–H groups in total. The van der Waals surface area contributed by atoms with Crippen LogP contribution in [0.1, 0.15) is 13.8 Å². The molecular weight excluding hydrogens is 324 g/mol. The van der Waals surface area contributed by atoms with E-state index in [-0.39, 0.29) is 6.04 Å². The van der Waals surface area contributed by atoms with E-state index in [4.69, 9.17) is 0 Å². The molecule has 0 saturated carbocycles. The monoisotopic (exact) mass is 344 g/mol. The van der Waals surface area contributed by atoms with Crippen LogP contribution in [-0.2, 0) is 10.2 Å². The summed E-state index contributed by atoms with van der Waals surface area (Å²) in [6.07, 6.45) is 3.60. The van der Waals surface area contributed by atoms with Crippen LogP contribution in [0.25, 0.3) is 22.2 Å². The molecule has 3 aromatic rings. The first kappa shape index (κ1) is 16.5. The van der Waals surface area contributed by atoms with Gasteiger partial charge in [-0.25, -0.2) is 4.98 Å². The van der Waals surface area contributed by atoms with E-state index in [2.05, 4.69) is 14.7 Å². The molecule has 0 radical (unpaired) electrons. The van der Waals surface area contributed by atoms with Crippen LogP contribution in [-0.4, -0.2) is 35.8 Å². The molecule has 0 aliphatic heterocycles. The van der Waals surface area contributed by atoms with Crippen molar-refractivity contribution in [1.29, 1.82) is 0 Å². The second-order valence-corrected chi connectivity index (χ2v) is 7.62. The molecule has 1 aromatic carbocycles. The number of hydrogen-bond acceptors (Lipinski definition) is 3. The van der Waals surface area contributed by atoms with Gasteiger partial charge in [0.15, 0.2) is 0 Å². The third-order valence-electron chi connectivity index (χ3n) is 4.01. The number of rotatable bonds is 5. The van der Waals surface area contributed by atoms with E-state index in [9.17, 15) is 8.42 Å². The summed E-state index contributed by atoms with van der Waals surface area (Å²) in [7, 11) is -1.99. The van der Waals surface area contributed by atoms with Gasteiger partial charge in [-0.3, -0.25) is 4.72 Å². The number of aromatic nitrogens is 2. The summed E-state index contributed by atoms with van der Waals surface area (Å²) in [5.74, 6) is 0. The number of pyridine rings is 1. The van der Waals surface area contributed by atoms with Gasteiger partial charge < -0.3 is 4.98 Å². The number of fused-ring (bicyclic) bond motifs is 1. The average molecular weight is 344 g/mol. The molecular formula is C17H20N4O2S. The van der Waals surface area contributed by atoms with Gasteiger partial charge in [0.05, 0.1) is 0 Å². The number of nitrogens with one attached hydrogen (secondary N) is 2. The number of aromatic amines is 1. The highest BCUT2D eigenvalue weighted by Crippen LogP contribution is 2.28. The zero-order valence-electron chi connectivity index (χ0n) is 13.8. The van der Waals surface area contributed by atoms with Crippen LogP contribution >= 0.6 is 0 Å². The van der Waals surface area contributed by atoms with E-state index in [1.807, 2.05) is 44.3 Å². The van der Waals surface area contributed by atoms with Gasteiger partial charge in [0.1, 0.15) is 5.65 Å². The van der Waals surface area contributed by atoms with Gasteiger partial charge in [-0.05, 0) is 49.2 Å². The van der Waals surface area contributed by atoms with Crippen molar-refractivity contribution in [3.63, 3.8) is 0 Å². The van der Waals surface area contributed by atoms with Crippen molar-refractivity contribution < 1.29 is 8.42 Å². The molecule has 24 heavy (non-hydrogen) atoms. The van der Waals surface area contributed by atoms with Crippen LogP contribution in [0.4, 0.5) is 5.69 Å². The van der Waals surface area contributed by atoms with Gasteiger partial charge in [0.2, 0.25) is 0 Å². The Morgan fingerprint density at radius 1 is 1.12 bits per heavy atom. The lowest BCUT2D eigenvalue weighted by Crippen LogP contribution is -2.37. The molecule has 0 unspecified atom stereocenters. The van der Waals surface area contributed by atoms with Gasteiger partial charge >= 0.3 is 10.2 Å². The first-order chi connectivity index (χ1) is 11.4. The minimum Gasteiger partial charge on any atom is -0.346 e. The Hall–Kier alpha value is -2.38. The number of H-pyrrole nitrogens is 1. The lowest BCUT2D eigenvalue weighted by Gasteiger charge is -2.21. The molecule has 0 fully saturated rings. The lowest BCUT2D eigenvalue weighted by atomic mass is 10.0. The Balaban J connectivity index is 1.88. The molecule has 0 saturated heterocycles. The molecule has 0 aliphatic rings. The second-order valence-electron chi connectivity index (χ2n) is 5.89. The van der Waals surface area contributed by atoms with Crippen molar-refractivity contribution in [3.8, 4) is 11.1 Å². The zero-order chi connectivity index (χ0) is 17.3. The zero-order valence-corrected chi connectivity index (χ0v) is 14.6. The van der Waals surface area contributed by atoms with Crippen molar-refractivity contribution in [2.45, 2.75) is 19.9 Å². The highest BCUT2D eigenvalue weighted by Gasteiger charge is 2.20. The Labute approximate surface area is 141 Å². The Kier molecular flexibility index (Phi) is 4.29. The number of benzene rings is 1. The average Bonchev–Trinajstić information content (AvgIpc) is 3.03. The van der Waals surface area contributed by atoms with Crippen LogP contribution in [0.15, 0.2) is 48.8 Å². The van der Waals surface area contributed by atoms with E-state index in [1.54, 1.807) is 25.4 Å². The number of nitrogens with zero attached hydrogens (tertiary/aromatic N) is 2. The maximum Gasteiger partial charge on any atom is 0.301 e. The van der Waals surface area contributed by atoms with Crippen LogP contribution in [0, 0.1) is 0 Å². The fourth-order valence-electron chi connectivity index (χ4n) is 2.43. The van der Waals surface area contributed by atoms with E-state index in [0.717, 1.165) is 22.2 Å². The highest BCUT2D eigenvalue weighted by molar-refractivity contribution is 7.90. The maximum absolute atomic E-state index is 12.2. The van der Waals surface area contributed by atoms with Crippen LogP contribution in [0.2, 0.25) is 0 Å². The summed E-state index contributed by atoms with van der Waals surface area (Å²) >= 11 is 0. The third-order valence-corrected chi connectivity index (χ3v) is 5.68. The summed E-state index contributed by atoms with van der Waals surface area (Å²) in [5, 5.41) is 1.03. The molecule has 0 atom stereocenters. The highest BCUT2D eigenvalue weighted by atomic mass is 32.2. The van der Waals surface area contributed by atoms with Crippen molar-refractivity contribution in [1.82, 2.24) is 14.3 Å². The minimum absolute atomic E-state index is 0.111. The predicted molar refractivity (Wildman–Crippen MR) is 97.0 cm³/mol. The van der Waals surface area contributed by atoms with E-state index >= 15 is 0 Å². The molecule has 2 aromatic heterocycles. The standard InChI is InChI=1S/C17H20N4O2S/c1-12(2)21(3)24(22,23)20-14-6-4-13(5-7-14)15-8-10-18-17-16(15)9-11-19-17/h4-12,20H,1-3H3,(H,18,19). The summed E-state index contributed by atoms with van der Waals surface area (Å²) in [4.78, 5) is 7.36. The van der Waals surface area contributed by atoms with Gasteiger partial charge in [-0.1, -0.05) is 12.1 Å². The van der Waals surface area contributed by atoms with Crippen LogP contribution < -0.4 is 4.72 Å². The van der Waals surface area contributed by atoms with Crippen molar-refractivity contribution >= 4 is 26.9 Å². The number of anilines is 1. The summed E-state index contributed by atoms with van der Waals surface area (Å²) < 4.78 is 28.4. The largest absolute Gasteiger partial charge is 0.346 e. The molecule has 126 valence electrons. The van der Waals surface area contributed by atoms with Crippen LogP contribution in [0.3, 0.4) is 0 Å². The topological polar surface area (TPSA) is 78.1 Å². The van der Waals surface area contributed by atoms with E-state index < -0.39 is 10.2 Å². The van der Waals surface area contributed by atoms with Gasteiger partial charge in [0.25, 0.3) is 0 Å². The molecule has 2 heterocycles. The fourth-order valence-corrected chi connectivity index (χ4v) is 3.56.